The summed E-state index contributed by atoms with van der Waals surface area (Å²) >= 11 is 1.16. The van der Waals surface area contributed by atoms with Crippen molar-refractivity contribution in [1.29, 1.82) is 0 Å². The molecule has 0 aliphatic carbocycles. The topological polar surface area (TPSA) is 60.7 Å². The Labute approximate surface area is 188 Å². The van der Waals surface area contributed by atoms with Crippen LogP contribution in [0.4, 0.5) is 4.39 Å². The Kier molecular flexibility index (Phi) is 6.56. The van der Waals surface area contributed by atoms with Crippen molar-refractivity contribution in [3.63, 3.8) is 0 Å². The minimum absolute atomic E-state index is 0.118. The maximum absolute atomic E-state index is 13.8. The molecule has 0 unspecified atom stereocenters. The lowest BCUT2D eigenvalue weighted by atomic mass is 9.91. The number of benzene rings is 3. The second kappa shape index (κ2) is 9.70. The fourth-order valence-electron chi connectivity index (χ4n) is 3.55. The Balaban J connectivity index is 1.84. The van der Waals surface area contributed by atoms with E-state index >= 15 is 0 Å². The van der Waals surface area contributed by atoms with Crippen molar-refractivity contribution in [2.75, 3.05) is 6.61 Å². The number of halogens is 1. The van der Waals surface area contributed by atoms with E-state index in [-0.39, 0.29) is 19.1 Å². The lowest BCUT2D eigenvalue weighted by Crippen LogP contribution is -2.24. The lowest BCUT2D eigenvalue weighted by Gasteiger charge is -2.14. The van der Waals surface area contributed by atoms with Crippen molar-refractivity contribution in [2.24, 2.45) is 4.99 Å². The van der Waals surface area contributed by atoms with Crippen molar-refractivity contribution in [1.82, 2.24) is 4.57 Å². The first-order chi connectivity index (χ1) is 15.6. The molecule has 0 saturated carbocycles. The van der Waals surface area contributed by atoms with E-state index in [1.807, 2.05) is 60.7 Å². The summed E-state index contributed by atoms with van der Waals surface area (Å²) in [5.41, 5.74) is 2.25. The van der Waals surface area contributed by atoms with E-state index in [2.05, 4.69) is 4.99 Å². The number of ether oxygens (including phenoxy) is 1. The van der Waals surface area contributed by atoms with Crippen LogP contribution in [0.25, 0.3) is 10.2 Å². The molecular weight excluding hydrogens is 427 g/mol. The molecule has 0 radical (unpaired) electrons. The van der Waals surface area contributed by atoms with Crippen LogP contribution >= 0.6 is 11.3 Å². The van der Waals surface area contributed by atoms with Gasteiger partial charge in [0.15, 0.2) is 4.80 Å². The third-order valence-corrected chi connectivity index (χ3v) is 6.00. The molecule has 1 heterocycles. The SMILES string of the molecule is CCOC(=O)Cn1c(=NC(=O)C(c2ccccc2)c2ccccc2)sc2cc(F)ccc21. The van der Waals surface area contributed by atoms with Crippen molar-refractivity contribution >= 4 is 33.4 Å². The molecule has 1 aromatic heterocycles. The molecule has 0 atom stereocenters. The summed E-state index contributed by atoms with van der Waals surface area (Å²) in [5.74, 6) is -1.82. The molecule has 1 amide bonds. The standard InChI is InChI=1S/C25H21FN2O3S/c1-2-31-22(29)16-28-20-14-13-19(26)15-21(20)32-25(28)27-24(30)23(17-9-5-3-6-10-17)18-11-7-4-8-12-18/h3-15,23H,2,16H2,1H3. The van der Waals surface area contributed by atoms with Crippen molar-refractivity contribution in [3.05, 3.63) is 101 Å². The third-order valence-electron chi connectivity index (χ3n) is 4.96. The van der Waals surface area contributed by atoms with Crippen molar-refractivity contribution < 1.29 is 18.7 Å². The zero-order valence-corrected chi connectivity index (χ0v) is 18.2. The van der Waals surface area contributed by atoms with E-state index in [0.29, 0.717) is 15.0 Å². The van der Waals surface area contributed by atoms with E-state index in [4.69, 9.17) is 4.74 Å². The largest absolute Gasteiger partial charge is 0.465 e. The van der Waals surface area contributed by atoms with Crippen LogP contribution in [0.15, 0.2) is 83.9 Å². The van der Waals surface area contributed by atoms with Crippen LogP contribution in [-0.4, -0.2) is 23.1 Å². The number of rotatable bonds is 6. The Hall–Kier alpha value is -3.58. The Morgan fingerprint density at radius 2 is 1.62 bits per heavy atom. The van der Waals surface area contributed by atoms with E-state index in [1.54, 1.807) is 17.6 Å². The van der Waals surface area contributed by atoms with Crippen LogP contribution in [0.2, 0.25) is 0 Å². The Morgan fingerprint density at radius 3 is 2.22 bits per heavy atom. The number of fused-ring (bicyclic) bond motifs is 1. The van der Waals surface area contributed by atoms with Gasteiger partial charge in [0.25, 0.3) is 5.91 Å². The first-order valence-electron chi connectivity index (χ1n) is 10.2. The van der Waals surface area contributed by atoms with E-state index in [0.717, 1.165) is 22.5 Å². The minimum Gasteiger partial charge on any atom is -0.465 e. The highest BCUT2D eigenvalue weighted by Gasteiger charge is 2.23. The van der Waals surface area contributed by atoms with Gasteiger partial charge in [-0.3, -0.25) is 9.59 Å². The second-order valence-electron chi connectivity index (χ2n) is 7.09. The highest BCUT2D eigenvalue weighted by Crippen LogP contribution is 2.26. The van der Waals surface area contributed by atoms with Crippen molar-refractivity contribution in [2.45, 2.75) is 19.4 Å². The molecule has 0 aliphatic rings. The summed E-state index contributed by atoms with van der Waals surface area (Å²) in [6.45, 7) is 1.85. The quantitative estimate of drug-likeness (QED) is 0.403. The average Bonchev–Trinajstić information content (AvgIpc) is 3.11. The van der Waals surface area contributed by atoms with Gasteiger partial charge in [-0.1, -0.05) is 72.0 Å². The molecule has 4 rings (SSSR count). The van der Waals surface area contributed by atoms with Gasteiger partial charge < -0.3 is 9.30 Å². The smallest absolute Gasteiger partial charge is 0.326 e. The monoisotopic (exact) mass is 448 g/mol. The maximum atomic E-state index is 13.8. The Bertz CT molecular complexity index is 1270. The number of carbonyl (C=O) groups excluding carboxylic acids is 2. The molecule has 5 nitrogen and oxygen atoms in total. The molecule has 3 aromatic carbocycles. The summed E-state index contributed by atoms with van der Waals surface area (Å²) in [6.07, 6.45) is 0. The first-order valence-corrected chi connectivity index (χ1v) is 11.0. The highest BCUT2D eigenvalue weighted by atomic mass is 32.1. The van der Waals surface area contributed by atoms with Crippen LogP contribution in [0.5, 0.6) is 0 Å². The number of amides is 1. The zero-order chi connectivity index (χ0) is 22.5. The van der Waals surface area contributed by atoms with Gasteiger partial charge in [-0.25, -0.2) is 4.39 Å². The third kappa shape index (κ3) is 4.68. The molecule has 0 saturated heterocycles. The fourth-order valence-corrected chi connectivity index (χ4v) is 4.61. The van der Waals surface area contributed by atoms with Gasteiger partial charge in [0.1, 0.15) is 12.4 Å². The number of thiazole rings is 1. The predicted octanol–water partition coefficient (Wildman–Crippen LogP) is 4.66. The summed E-state index contributed by atoms with van der Waals surface area (Å²) < 4.78 is 21.1. The number of esters is 1. The van der Waals surface area contributed by atoms with E-state index in [1.165, 1.54) is 12.1 Å². The lowest BCUT2D eigenvalue weighted by molar-refractivity contribution is -0.143. The van der Waals surface area contributed by atoms with Gasteiger partial charge in [-0.15, -0.1) is 0 Å². The molecular formula is C25H21FN2O3S. The molecule has 7 heteroatoms. The van der Waals surface area contributed by atoms with Gasteiger partial charge in [0.05, 0.1) is 22.7 Å². The number of carbonyl (C=O) groups is 2. The molecule has 0 fully saturated rings. The van der Waals surface area contributed by atoms with Crippen LogP contribution in [0, 0.1) is 5.82 Å². The molecule has 32 heavy (non-hydrogen) atoms. The average molecular weight is 449 g/mol. The summed E-state index contributed by atoms with van der Waals surface area (Å²) in [4.78, 5) is 30.4. The van der Waals surface area contributed by atoms with Crippen LogP contribution in [0.3, 0.4) is 0 Å². The normalized spacial score (nSPS) is 11.8. The summed E-state index contributed by atoms with van der Waals surface area (Å²) in [5, 5.41) is 0. The molecule has 0 aliphatic heterocycles. The summed E-state index contributed by atoms with van der Waals surface area (Å²) in [7, 11) is 0. The number of hydrogen-bond acceptors (Lipinski definition) is 4. The van der Waals surface area contributed by atoms with E-state index < -0.39 is 17.7 Å². The minimum atomic E-state index is -0.601. The predicted molar refractivity (Wildman–Crippen MR) is 122 cm³/mol. The molecule has 162 valence electrons. The number of aromatic nitrogens is 1. The summed E-state index contributed by atoms with van der Waals surface area (Å²) in [6, 6.07) is 23.1. The Morgan fingerprint density at radius 1 is 1.00 bits per heavy atom. The van der Waals surface area contributed by atoms with Gasteiger partial charge in [0, 0.05) is 0 Å². The number of hydrogen-bond donors (Lipinski definition) is 0. The van der Waals surface area contributed by atoms with Gasteiger partial charge >= 0.3 is 5.97 Å². The zero-order valence-electron chi connectivity index (χ0n) is 17.4. The molecule has 4 aromatic rings. The molecule has 0 N–H and O–H groups in total. The van der Waals surface area contributed by atoms with Gasteiger partial charge in [-0.2, -0.15) is 4.99 Å². The molecule has 0 bridgehead atoms. The second-order valence-corrected chi connectivity index (χ2v) is 8.10. The van der Waals surface area contributed by atoms with Crippen LogP contribution in [-0.2, 0) is 20.9 Å². The first kappa shape index (κ1) is 21.6. The van der Waals surface area contributed by atoms with Crippen molar-refractivity contribution in [3.8, 4) is 0 Å². The van der Waals surface area contributed by atoms with E-state index in [9.17, 15) is 14.0 Å². The highest BCUT2D eigenvalue weighted by molar-refractivity contribution is 7.16. The van der Waals surface area contributed by atoms with Crippen LogP contribution in [0.1, 0.15) is 24.0 Å². The number of nitrogens with zero attached hydrogens (tertiary/aromatic N) is 2. The molecule has 0 spiro atoms. The van der Waals surface area contributed by atoms with Gasteiger partial charge in [0.2, 0.25) is 0 Å². The van der Waals surface area contributed by atoms with Gasteiger partial charge in [-0.05, 0) is 36.2 Å². The maximum Gasteiger partial charge on any atom is 0.326 e. The fraction of sp³-hybridized carbons (Fsp3) is 0.160. The van der Waals surface area contributed by atoms with Crippen LogP contribution < -0.4 is 4.80 Å².